The largest absolute Gasteiger partial charge is 0.298 e. The number of Topliss-reactive ketones (excluding diaryl/α,β-unsaturated/α-hetero) is 1. The van der Waals surface area contributed by atoms with Crippen LogP contribution in [0.5, 0.6) is 0 Å². The van der Waals surface area contributed by atoms with Crippen LogP contribution in [0.15, 0.2) is 0 Å². The third-order valence-electron chi connectivity index (χ3n) is 1.62. The Morgan fingerprint density at radius 3 is 2.50 bits per heavy atom. The number of hydrogen-bond donors (Lipinski definition) is 1. The molecule has 0 aromatic rings. The molecule has 0 spiro atoms. The summed E-state index contributed by atoms with van der Waals surface area (Å²) >= 11 is 1.80. The van der Waals surface area contributed by atoms with Crippen molar-refractivity contribution in [3.63, 3.8) is 0 Å². The molecule has 0 bridgehead atoms. The molecular formula is C7H13NOS. The normalized spacial score (nSPS) is 30.5. The zero-order valence-corrected chi connectivity index (χ0v) is 7.42. The van der Waals surface area contributed by atoms with E-state index < -0.39 is 0 Å². The predicted molar refractivity (Wildman–Crippen MR) is 44.1 cm³/mol. The van der Waals surface area contributed by atoms with Gasteiger partial charge in [-0.1, -0.05) is 0 Å². The fourth-order valence-electron chi connectivity index (χ4n) is 1.01. The van der Waals surface area contributed by atoms with Crippen molar-refractivity contribution >= 4 is 17.5 Å². The Morgan fingerprint density at radius 1 is 1.70 bits per heavy atom. The average molecular weight is 159 g/mol. The highest BCUT2D eigenvalue weighted by Gasteiger charge is 2.32. The SMILES string of the molecule is CC(=O)[C@@H]1CSC(C)(C)N1. The molecular weight excluding hydrogens is 146 g/mol. The molecule has 1 rings (SSSR count). The van der Waals surface area contributed by atoms with Crippen LogP contribution in [0.25, 0.3) is 0 Å². The van der Waals surface area contributed by atoms with Crippen molar-refractivity contribution in [1.82, 2.24) is 5.32 Å². The Bertz CT molecular complexity index is 156. The zero-order valence-electron chi connectivity index (χ0n) is 6.60. The van der Waals surface area contributed by atoms with E-state index in [2.05, 4.69) is 19.2 Å². The van der Waals surface area contributed by atoms with Crippen LogP contribution in [0.4, 0.5) is 0 Å². The van der Waals surface area contributed by atoms with Gasteiger partial charge in [-0.05, 0) is 20.8 Å². The van der Waals surface area contributed by atoms with Gasteiger partial charge in [0, 0.05) is 5.75 Å². The zero-order chi connectivity index (χ0) is 7.78. The Kier molecular flexibility index (Phi) is 2.06. The molecule has 0 amide bonds. The monoisotopic (exact) mass is 159 g/mol. The van der Waals surface area contributed by atoms with Crippen molar-refractivity contribution in [2.75, 3.05) is 5.75 Å². The lowest BCUT2D eigenvalue weighted by Crippen LogP contribution is -2.40. The minimum absolute atomic E-state index is 0.0833. The van der Waals surface area contributed by atoms with Gasteiger partial charge in [-0.3, -0.25) is 10.1 Å². The number of nitrogens with one attached hydrogen (secondary N) is 1. The van der Waals surface area contributed by atoms with Crippen molar-refractivity contribution in [2.45, 2.75) is 31.7 Å². The number of rotatable bonds is 1. The molecule has 0 aromatic carbocycles. The first-order chi connectivity index (χ1) is 4.51. The van der Waals surface area contributed by atoms with Crippen LogP contribution >= 0.6 is 11.8 Å². The van der Waals surface area contributed by atoms with Crippen molar-refractivity contribution in [1.29, 1.82) is 0 Å². The molecule has 58 valence electrons. The van der Waals surface area contributed by atoms with Gasteiger partial charge in [0.15, 0.2) is 0 Å². The summed E-state index contributed by atoms with van der Waals surface area (Å²) in [4.78, 5) is 11.0. The summed E-state index contributed by atoms with van der Waals surface area (Å²) in [6, 6.07) is 0.0833. The number of carbonyl (C=O) groups excluding carboxylic acids is 1. The summed E-state index contributed by atoms with van der Waals surface area (Å²) in [5.74, 6) is 1.17. The van der Waals surface area contributed by atoms with E-state index in [0.717, 1.165) is 5.75 Å². The number of carbonyl (C=O) groups is 1. The minimum atomic E-state index is 0.0833. The maximum atomic E-state index is 10.9. The second kappa shape index (κ2) is 2.55. The second-order valence-corrected chi connectivity index (χ2v) is 4.77. The molecule has 1 N–H and O–H groups in total. The first-order valence-corrected chi connectivity index (χ1v) is 4.42. The maximum Gasteiger partial charge on any atom is 0.147 e. The van der Waals surface area contributed by atoms with Gasteiger partial charge < -0.3 is 0 Å². The van der Waals surface area contributed by atoms with Crippen molar-refractivity contribution < 1.29 is 4.79 Å². The smallest absolute Gasteiger partial charge is 0.147 e. The molecule has 0 saturated carbocycles. The van der Waals surface area contributed by atoms with Gasteiger partial charge in [0.2, 0.25) is 0 Å². The van der Waals surface area contributed by atoms with Crippen LogP contribution in [0, 0.1) is 0 Å². The summed E-state index contributed by atoms with van der Waals surface area (Å²) < 4.78 is 0. The summed E-state index contributed by atoms with van der Waals surface area (Å²) in [7, 11) is 0. The van der Waals surface area contributed by atoms with Gasteiger partial charge in [-0.15, -0.1) is 11.8 Å². The Labute approximate surface area is 65.8 Å². The molecule has 1 heterocycles. The van der Waals surface area contributed by atoms with Gasteiger partial charge in [0.1, 0.15) is 5.78 Å². The molecule has 0 aliphatic carbocycles. The Morgan fingerprint density at radius 2 is 2.30 bits per heavy atom. The molecule has 1 aliphatic heterocycles. The maximum absolute atomic E-state index is 10.9. The number of hydrogen-bond acceptors (Lipinski definition) is 3. The van der Waals surface area contributed by atoms with E-state index >= 15 is 0 Å². The van der Waals surface area contributed by atoms with Gasteiger partial charge in [-0.25, -0.2) is 0 Å². The minimum Gasteiger partial charge on any atom is -0.298 e. The predicted octanol–water partition coefficient (Wildman–Crippen LogP) is 1.02. The van der Waals surface area contributed by atoms with E-state index in [0.29, 0.717) is 0 Å². The summed E-state index contributed by atoms with van der Waals surface area (Å²) in [5.41, 5.74) is 0. The topological polar surface area (TPSA) is 29.1 Å². The molecule has 1 aliphatic rings. The van der Waals surface area contributed by atoms with E-state index in [1.165, 1.54) is 0 Å². The van der Waals surface area contributed by atoms with E-state index in [1.807, 2.05) is 0 Å². The molecule has 0 unspecified atom stereocenters. The van der Waals surface area contributed by atoms with E-state index in [4.69, 9.17) is 0 Å². The van der Waals surface area contributed by atoms with Crippen LogP contribution in [0.2, 0.25) is 0 Å². The Hall–Kier alpha value is -0.0200. The van der Waals surface area contributed by atoms with Gasteiger partial charge in [-0.2, -0.15) is 0 Å². The average Bonchev–Trinajstić information content (AvgIpc) is 2.10. The van der Waals surface area contributed by atoms with Gasteiger partial charge in [0.25, 0.3) is 0 Å². The molecule has 1 atom stereocenters. The summed E-state index contributed by atoms with van der Waals surface area (Å²) in [5, 5.41) is 3.24. The third-order valence-corrected chi connectivity index (χ3v) is 2.96. The standard InChI is InChI=1S/C7H13NOS/c1-5(9)6-4-10-7(2,3)8-6/h6,8H,4H2,1-3H3/t6-/m0/s1. The number of thioether (sulfide) groups is 1. The Balaban J connectivity index is 2.51. The molecule has 2 nitrogen and oxygen atoms in total. The molecule has 1 saturated heterocycles. The quantitative estimate of drug-likeness (QED) is 0.619. The lowest BCUT2D eigenvalue weighted by Gasteiger charge is -2.17. The van der Waals surface area contributed by atoms with Gasteiger partial charge in [0.05, 0.1) is 10.9 Å². The lowest BCUT2D eigenvalue weighted by atomic mass is 10.2. The fourth-order valence-corrected chi connectivity index (χ4v) is 2.14. The molecule has 10 heavy (non-hydrogen) atoms. The molecule has 1 fully saturated rings. The van der Waals surface area contributed by atoms with E-state index in [9.17, 15) is 4.79 Å². The molecule has 0 radical (unpaired) electrons. The van der Waals surface area contributed by atoms with Crippen molar-refractivity contribution in [3.8, 4) is 0 Å². The molecule has 0 aromatic heterocycles. The highest BCUT2D eigenvalue weighted by molar-refractivity contribution is 8.00. The first-order valence-electron chi connectivity index (χ1n) is 3.43. The van der Waals surface area contributed by atoms with Crippen LogP contribution in [-0.2, 0) is 4.79 Å². The highest BCUT2D eigenvalue weighted by atomic mass is 32.2. The summed E-state index contributed by atoms with van der Waals surface area (Å²) in [6.45, 7) is 5.83. The number of ketones is 1. The van der Waals surface area contributed by atoms with Crippen LogP contribution in [0.3, 0.4) is 0 Å². The highest BCUT2D eigenvalue weighted by Crippen LogP contribution is 2.29. The van der Waals surface area contributed by atoms with Crippen molar-refractivity contribution in [3.05, 3.63) is 0 Å². The van der Waals surface area contributed by atoms with Crippen LogP contribution < -0.4 is 5.32 Å². The van der Waals surface area contributed by atoms with Crippen molar-refractivity contribution in [2.24, 2.45) is 0 Å². The fraction of sp³-hybridized carbons (Fsp3) is 0.857. The van der Waals surface area contributed by atoms with Crippen LogP contribution in [0.1, 0.15) is 20.8 Å². The summed E-state index contributed by atoms with van der Waals surface area (Å²) in [6.07, 6.45) is 0. The van der Waals surface area contributed by atoms with Gasteiger partial charge >= 0.3 is 0 Å². The third kappa shape index (κ3) is 1.73. The lowest BCUT2D eigenvalue weighted by molar-refractivity contribution is -0.118. The second-order valence-electron chi connectivity index (χ2n) is 3.13. The van der Waals surface area contributed by atoms with E-state index in [1.54, 1.807) is 18.7 Å². The van der Waals surface area contributed by atoms with Crippen LogP contribution in [-0.4, -0.2) is 22.4 Å². The van der Waals surface area contributed by atoms with E-state index in [-0.39, 0.29) is 16.7 Å². The molecule has 3 heteroatoms. The first kappa shape index (κ1) is 8.08.